The smallest absolute Gasteiger partial charge is 0.151 e. The van der Waals surface area contributed by atoms with Crippen molar-refractivity contribution in [2.75, 3.05) is 0 Å². The van der Waals surface area contributed by atoms with Crippen molar-refractivity contribution in [2.24, 2.45) is 0 Å². The van der Waals surface area contributed by atoms with Crippen LogP contribution in [0.5, 0.6) is 0 Å². The Kier molecular flexibility index (Phi) is 3.10. The molecule has 2 rings (SSSR count). The standard InChI is InChI=1S/C11H6Cl2OS/c12-9-2-1-7(5-8(9)6-14)10-3-4-11(13)15-10/h1-6H. The first-order valence-corrected chi connectivity index (χ1v) is 5.78. The van der Waals surface area contributed by atoms with E-state index in [2.05, 4.69) is 0 Å². The number of benzene rings is 1. The number of halogens is 2. The zero-order chi connectivity index (χ0) is 10.8. The van der Waals surface area contributed by atoms with Crippen molar-refractivity contribution in [3.8, 4) is 10.4 Å². The van der Waals surface area contributed by atoms with E-state index >= 15 is 0 Å². The Morgan fingerprint density at radius 1 is 1.13 bits per heavy atom. The van der Waals surface area contributed by atoms with E-state index < -0.39 is 0 Å². The molecule has 4 heteroatoms. The molecule has 0 amide bonds. The second-order valence-electron chi connectivity index (χ2n) is 2.96. The largest absolute Gasteiger partial charge is 0.298 e. The third-order valence-corrected chi connectivity index (χ3v) is 3.61. The molecule has 0 aliphatic rings. The maximum absolute atomic E-state index is 10.7. The molecular formula is C11H6Cl2OS. The highest BCUT2D eigenvalue weighted by atomic mass is 35.5. The van der Waals surface area contributed by atoms with Gasteiger partial charge in [-0.2, -0.15) is 0 Å². The maximum Gasteiger partial charge on any atom is 0.151 e. The fraction of sp³-hybridized carbons (Fsp3) is 0. The Labute approximate surface area is 101 Å². The van der Waals surface area contributed by atoms with Crippen molar-refractivity contribution >= 4 is 40.8 Å². The molecule has 1 heterocycles. The van der Waals surface area contributed by atoms with E-state index in [1.807, 2.05) is 18.2 Å². The number of carbonyl (C=O) groups is 1. The zero-order valence-corrected chi connectivity index (χ0v) is 9.86. The molecule has 0 N–H and O–H groups in total. The first-order valence-electron chi connectivity index (χ1n) is 4.21. The number of hydrogen-bond acceptors (Lipinski definition) is 2. The summed E-state index contributed by atoms with van der Waals surface area (Å²) in [5, 5.41) is 0.469. The zero-order valence-electron chi connectivity index (χ0n) is 7.54. The molecule has 0 radical (unpaired) electrons. The Morgan fingerprint density at radius 3 is 2.53 bits per heavy atom. The van der Waals surface area contributed by atoms with Gasteiger partial charge >= 0.3 is 0 Å². The Hall–Kier alpha value is -0.830. The third kappa shape index (κ3) is 2.23. The van der Waals surface area contributed by atoms with E-state index in [0.29, 0.717) is 10.6 Å². The van der Waals surface area contributed by atoms with Gasteiger partial charge in [-0.1, -0.05) is 29.3 Å². The highest BCUT2D eigenvalue weighted by Crippen LogP contribution is 2.32. The van der Waals surface area contributed by atoms with Crippen molar-refractivity contribution in [1.82, 2.24) is 0 Å². The molecule has 1 aromatic carbocycles. The maximum atomic E-state index is 10.7. The number of rotatable bonds is 2. The van der Waals surface area contributed by atoms with Crippen LogP contribution in [-0.2, 0) is 0 Å². The first-order chi connectivity index (χ1) is 7.20. The molecule has 1 nitrogen and oxygen atoms in total. The monoisotopic (exact) mass is 256 g/mol. The van der Waals surface area contributed by atoms with E-state index in [-0.39, 0.29) is 0 Å². The van der Waals surface area contributed by atoms with Crippen LogP contribution in [0, 0.1) is 0 Å². The van der Waals surface area contributed by atoms with Gasteiger partial charge in [-0.25, -0.2) is 0 Å². The summed E-state index contributed by atoms with van der Waals surface area (Å²) < 4.78 is 0.729. The molecule has 0 atom stereocenters. The van der Waals surface area contributed by atoms with Gasteiger partial charge < -0.3 is 0 Å². The summed E-state index contributed by atoms with van der Waals surface area (Å²) in [6, 6.07) is 9.10. The number of aldehydes is 1. The lowest BCUT2D eigenvalue weighted by Crippen LogP contribution is -1.82. The second-order valence-corrected chi connectivity index (χ2v) is 5.08. The van der Waals surface area contributed by atoms with E-state index in [4.69, 9.17) is 23.2 Å². The topological polar surface area (TPSA) is 17.1 Å². The number of thiophene rings is 1. The quantitative estimate of drug-likeness (QED) is 0.722. The predicted octanol–water partition coefficient (Wildman–Crippen LogP) is 4.53. The van der Waals surface area contributed by atoms with Crippen LogP contribution < -0.4 is 0 Å². The molecule has 1 aromatic heterocycles. The summed E-state index contributed by atoms with van der Waals surface area (Å²) in [5.74, 6) is 0. The van der Waals surface area contributed by atoms with Crippen molar-refractivity contribution < 1.29 is 4.79 Å². The summed E-state index contributed by atoms with van der Waals surface area (Å²) in [7, 11) is 0. The van der Waals surface area contributed by atoms with Gasteiger partial charge in [-0.15, -0.1) is 11.3 Å². The summed E-state index contributed by atoms with van der Waals surface area (Å²) in [5.41, 5.74) is 1.46. The fourth-order valence-electron chi connectivity index (χ4n) is 1.26. The average molecular weight is 257 g/mol. The van der Waals surface area contributed by atoms with Gasteiger partial charge in [-0.05, 0) is 29.8 Å². The molecule has 76 valence electrons. The molecule has 0 unspecified atom stereocenters. The van der Waals surface area contributed by atoms with Crippen LogP contribution in [0.3, 0.4) is 0 Å². The van der Waals surface area contributed by atoms with Gasteiger partial charge in [0.25, 0.3) is 0 Å². The third-order valence-electron chi connectivity index (χ3n) is 1.98. The van der Waals surface area contributed by atoms with Crippen LogP contribution in [-0.4, -0.2) is 6.29 Å². The average Bonchev–Trinajstić information content (AvgIpc) is 2.66. The van der Waals surface area contributed by atoms with E-state index in [0.717, 1.165) is 21.1 Å². The normalized spacial score (nSPS) is 10.3. The minimum absolute atomic E-state index is 0.469. The molecule has 0 bridgehead atoms. The fourth-order valence-corrected chi connectivity index (χ4v) is 2.46. The lowest BCUT2D eigenvalue weighted by molar-refractivity contribution is 0.112. The van der Waals surface area contributed by atoms with Gasteiger partial charge in [-0.3, -0.25) is 4.79 Å². The molecular weight excluding hydrogens is 251 g/mol. The van der Waals surface area contributed by atoms with Crippen molar-refractivity contribution in [2.45, 2.75) is 0 Å². The van der Waals surface area contributed by atoms with Gasteiger partial charge in [0.05, 0.1) is 9.36 Å². The second kappa shape index (κ2) is 4.35. The van der Waals surface area contributed by atoms with Gasteiger partial charge in [0, 0.05) is 10.4 Å². The van der Waals surface area contributed by atoms with Gasteiger partial charge in [0.1, 0.15) is 0 Å². The van der Waals surface area contributed by atoms with Crippen LogP contribution in [0.1, 0.15) is 10.4 Å². The molecule has 0 aliphatic heterocycles. The van der Waals surface area contributed by atoms with Gasteiger partial charge in [0.15, 0.2) is 6.29 Å². The first kappa shape index (κ1) is 10.7. The predicted molar refractivity (Wildman–Crippen MR) is 65.2 cm³/mol. The number of hydrogen-bond donors (Lipinski definition) is 0. The lowest BCUT2D eigenvalue weighted by atomic mass is 10.1. The molecule has 2 aromatic rings. The van der Waals surface area contributed by atoms with E-state index in [1.165, 1.54) is 11.3 Å². The number of carbonyl (C=O) groups excluding carboxylic acids is 1. The summed E-state index contributed by atoms with van der Waals surface area (Å²) in [6.45, 7) is 0. The molecule has 0 aliphatic carbocycles. The molecule has 0 spiro atoms. The van der Waals surface area contributed by atoms with Crippen LogP contribution in [0.25, 0.3) is 10.4 Å². The summed E-state index contributed by atoms with van der Waals surface area (Å²) in [4.78, 5) is 11.7. The van der Waals surface area contributed by atoms with Crippen LogP contribution >= 0.6 is 34.5 Å². The summed E-state index contributed by atoms with van der Waals surface area (Å²) >= 11 is 13.1. The highest BCUT2D eigenvalue weighted by molar-refractivity contribution is 7.19. The SMILES string of the molecule is O=Cc1cc(-c2ccc(Cl)s2)ccc1Cl. The Bertz CT molecular complexity index is 505. The molecule has 0 saturated heterocycles. The van der Waals surface area contributed by atoms with Crippen LogP contribution in [0.4, 0.5) is 0 Å². The molecule has 0 fully saturated rings. The van der Waals surface area contributed by atoms with Crippen molar-refractivity contribution in [3.05, 3.63) is 45.3 Å². The van der Waals surface area contributed by atoms with Crippen molar-refractivity contribution in [1.29, 1.82) is 0 Å². The summed E-state index contributed by atoms with van der Waals surface area (Å²) in [6.07, 6.45) is 0.751. The molecule has 15 heavy (non-hydrogen) atoms. The van der Waals surface area contributed by atoms with E-state index in [9.17, 15) is 4.79 Å². The van der Waals surface area contributed by atoms with E-state index in [1.54, 1.807) is 12.1 Å². The minimum atomic E-state index is 0.469. The van der Waals surface area contributed by atoms with Crippen molar-refractivity contribution in [3.63, 3.8) is 0 Å². The Balaban J connectivity index is 2.50. The highest BCUT2D eigenvalue weighted by Gasteiger charge is 2.05. The lowest BCUT2D eigenvalue weighted by Gasteiger charge is -2.00. The van der Waals surface area contributed by atoms with Gasteiger partial charge in [0.2, 0.25) is 0 Å². The minimum Gasteiger partial charge on any atom is -0.298 e. The molecule has 0 saturated carbocycles. The Morgan fingerprint density at radius 2 is 1.93 bits per heavy atom. The van der Waals surface area contributed by atoms with Crippen LogP contribution in [0.2, 0.25) is 9.36 Å². The van der Waals surface area contributed by atoms with Crippen LogP contribution in [0.15, 0.2) is 30.3 Å².